The molecule has 1 saturated carbocycles. The summed E-state index contributed by atoms with van der Waals surface area (Å²) in [6.07, 6.45) is 1.67. The van der Waals surface area contributed by atoms with Crippen LogP contribution < -0.4 is 0 Å². The molecule has 24 heavy (non-hydrogen) atoms. The van der Waals surface area contributed by atoms with Crippen molar-refractivity contribution in [2.45, 2.75) is 32.4 Å². The summed E-state index contributed by atoms with van der Waals surface area (Å²) in [6.45, 7) is 3.45. The van der Waals surface area contributed by atoms with Gasteiger partial charge < -0.3 is 0 Å². The number of carbonyl (C=O) groups is 3. The monoisotopic (exact) mass is 414 g/mol. The third-order valence-electron chi connectivity index (χ3n) is 4.26. The van der Waals surface area contributed by atoms with Gasteiger partial charge >= 0.3 is 0 Å². The standard InChI is InChI=1S/C17H19BrO5S/c1-17(2)7-6-13(19)14(16(17)21)15(20)12-5-4-11(18)8-10(12)9-24(3,22)23/h4-5,8,14H,6-7,9H2,1-3H3. The predicted molar refractivity (Wildman–Crippen MR) is 93.5 cm³/mol. The normalized spacial score (nSPS) is 20.9. The van der Waals surface area contributed by atoms with Crippen LogP contribution in [0.2, 0.25) is 0 Å². The van der Waals surface area contributed by atoms with Gasteiger partial charge in [0.2, 0.25) is 0 Å². The van der Waals surface area contributed by atoms with Gasteiger partial charge in [-0.15, -0.1) is 0 Å². The second-order valence-electron chi connectivity index (χ2n) is 6.88. The molecule has 1 unspecified atom stereocenters. The zero-order chi connectivity index (χ0) is 18.3. The van der Waals surface area contributed by atoms with E-state index in [2.05, 4.69) is 15.9 Å². The Hall–Kier alpha value is -1.34. The molecule has 2 rings (SSSR count). The highest BCUT2D eigenvalue weighted by molar-refractivity contribution is 9.10. The molecule has 7 heteroatoms. The molecule has 1 fully saturated rings. The quantitative estimate of drug-likeness (QED) is 0.558. The van der Waals surface area contributed by atoms with E-state index >= 15 is 0 Å². The maximum Gasteiger partial charge on any atom is 0.181 e. The predicted octanol–water partition coefficient (Wildman–Crippen LogP) is 2.75. The van der Waals surface area contributed by atoms with Crippen LogP contribution in [0.15, 0.2) is 22.7 Å². The van der Waals surface area contributed by atoms with Crippen LogP contribution in [0.3, 0.4) is 0 Å². The van der Waals surface area contributed by atoms with E-state index in [1.165, 1.54) is 12.1 Å². The van der Waals surface area contributed by atoms with Crippen molar-refractivity contribution in [2.24, 2.45) is 11.3 Å². The molecule has 0 heterocycles. The van der Waals surface area contributed by atoms with Crippen molar-refractivity contribution in [1.29, 1.82) is 0 Å². The van der Waals surface area contributed by atoms with Crippen molar-refractivity contribution in [2.75, 3.05) is 6.26 Å². The van der Waals surface area contributed by atoms with E-state index < -0.39 is 38.5 Å². The van der Waals surface area contributed by atoms with Crippen LogP contribution in [0.25, 0.3) is 0 Å². The Kier molecular flexibility index (Phi) is 5.16. The van der Waals surface area contributed by atoms with Gasteiger partial charge in [0, 0.05) is 28.1 Å². The molecule has 0 bridgehead atoms. The number of hydrogen-bond acceptors (Lipinski definition) is 5. The number of halogens is 1. The number of benzene rings is 1. The summed E-state index contributed by atoms with van der Waals surface area (Å²) in [7, 11) is -3.37. The van der Waals surface area contributed by atoms with Crippen molar-refractivity contribution in [3.8, 4) is 0 Å². The minimum Gasteiger partial charge on any atom is -0.298 e. The third-order valence-corrected chi connectivity index (χ3v) is 5.59. The second kappa shape index (κ2) is 6.52. The maximum atomic E-state index is 12.9. The van der Waals surface area contributed by atoms with Gasteiger partial charge in [0.05, 0.1) is 5.75 Å². The molecule has 0 amide bonds. The molecule has 0 N–H and O–H groups in total. The van der Waals surface area contributed by atoms with Crippen LogP contribution in [0, 0.1) is 11.3 Å². The van der Waals surface area contributed by atoms with Gasteiger partial charge in [0.15, 0.2) is 27.2 Å². The van der Waals surface area contributed by atoms with Gasteiger partial charge in [-0.25, -0.2) is 8.42 Å². The van der Waals surface area contributed by atoms with Crippen molar-refractivity contribution >= 4 is 43.1 Å². The molecule has 0 radical (unpaired) electrons. The molecule has 5 nitrogen and oxygen atoms in total. The van der Waals surface area contributed by atoms with Gasteiger partial charge in [0.1, 0.15) is 5.92 Å². The maximum absolute atomic E-state index is 12.9. The summed E-state index contributed by atoms with van der Waals surface area (Å²) >= 11 is 3.25. The second-order valence-corrected chi connectivity index (χ2v) is 9.94. The molecule has 1 aromatic rings. The first kappa shape index (κ1) is 19.0. The molecule has 0 saturated heterocycles. The number of hydrogen-bond donors (Lipinski definition) is 0. The van der Waals surface area contributed by atoms with Crippen molar-refractivity contribution in [3.05, 3.63) is 33.8 Å². The van der Waals surface area contributed by atoms with Gasteiger partial charge in [-0.3, -0.25) is 14.4 Å². The minimum atomic E-state index is -3.37. The lowest BCUT2D eigenvalue weighted by atomic mass is 9.68. The molecule has 1 aromatic carbocycles. The first-order chi connectivity index (χ1) is 10.9. The number of ketones is 3. The Morgan fingerprint density at radius 3 is 2.50 bits per heavy atom. The van der Waals surface area contributed by atoms with Crippen LogP contribution in [0.5, 0.6) is 0 Å². The summed E-state index contributed by atoms with van der Waals surface area (Å²) in [6, 6.07) is 4.61. The van der Waals surface area contributed by atoms with Gasteiger partial charge in [0.25, 0.3) is 0 Å². The highest BCUT2D eigenvalue weighted by atomic mass is 79.9. The zero-order valence-electron chi connectivity index (χ0n) is 13.8. The Morgan fingerprint density at radius 1 is 1.29 bits per heavy atom. The first-order valence-electron chi connectivity index (χ1n) is 7.50. The van der Waals surface area contributed by atoms with Crippen molar-refractivity contribution in [3.63, 3.8) is 0 Å². The smallest absolute Gasteiger partial charge is 0.181 e. The van der Waals surface area contributed by atoms with Crippen LogP contribution >= 0.6 is 15.9 Å². The lowest BCUT2D eigenvalue weighted by Crippen LogP contribution is -2.45. The average molecular weight is 415 g/mol. The molecule has 1 aliphatic rings. The summed E-state index contributed by atoms with van der Waals surface area (Å²) in [4.78, 5) is 37.6. The number of Topliss-reactive ketones (excluding diaryl/α,β-unsaturated/α-hetero) is 3. The minimum absolute atomic E-state index is 0.119. The van der Waals surface area contributed by atoms with Crippen LogP contribution in [-0.4, -0.2) is 32.0 Å². The summed E-state index contributed by atoms with van der Waals surface area (Å²) in [5.41, 5.74) is -0.325. The van der Waals surface area contributed by atoms with Gasteiger partial charge in [-0.2, -0.15) is 0 Å². The van der Waals surface area contributed by atoms with Gasteiger partial charge in [-0.1, -0.05) is 29.8 Å². The van der Waals surface area contributed by atoms with E-state index in [4.69, 9.17) is 0 Å². The Morgan fingerprint density at radius 2 is 1.92 bits per heavy atom. The molecule has 0 spiro atoms. The fourth-order valence-electron chi connectivity index (χ4n) is 2.87. The van der Waals surface area contributed by atoms with E-state index in [9.17, 15) is 22.8 Å². The van der Waals surface area contributed by atoms with E-state index in [1.807, 2.05) is 0 Å². The number of sulfone groups is 1. The highest BCUT2D eigenvalue weighted by Gasteiger charge is 2.46. The SMILES string of the molecule is CC1(C)CCC(=O)C(C(=O)c2ccc(Br)cc2CS(C)(=O)=O)C1=O. The Labute approximate surface area is 149 Å². The van der Waals surface area contributed by atoms with E-state index in [0.29, 0.717) is 16.5 Å². The summed E-state index contributed by atoms with van der Waals surface area (Å²) < 4.78 is 23.9. The van der Waals surface area contributed by atoms with Crippen LogP contribution in [-0.2, 0) is 25.2 Å². The lowest BCUT2D eigenvalue weighted by Gasteiger charge is -2.32. The molecule has 1 atom stereocenters. The lowest BCUT2D eigenvalue weighted by molar-refractivity contribution is -0.140. The molecule has 0 aromatic heterocycles. The fraction of sp³-hybridized carbons (Fsp3) is 0.471. The van der Waals surface area contributed by atoms with E-state index in [0.717, 1.165) is 6.26 Å². The Bertz CT molecular complexity index is 823. The fourth-order valence-corrected chi connectivity index (χ4v) is 4.08. The van der Waals surface area contributed by atoms with E-state index in [-0.39, 0.29) is 17.7 Å². The highest BCUT2D eigenvalue weighted by Crippen LogP contribution is 2.35. The van der Waals surface area contributed by atoms with Gasteiger partial charge in [-0.05, 0) is 30.2 Å². The molecule has 1 aliphatic carbocycles. The van der Waals surface area contributed by atoms with Crippen molar-refractivity contribution in [1.82, 2.24) is 0 Å². The average Bonchev–Trinajstić information content (AvgIpc) is 2.42. The van der Waals surface area contributed by atoms with Crippen LogP contribution in [0.4, 0.5) is 0 Å². The van der Waals surface area contributed by atoms with Crippen LogP contribution in [0.1, 0.15) is 42.6 Å². The largest absolute Gasteiger partial charge is 0.298 e. The molecular weight excluding hydrogens is 396 g/mol. The zero-order valence-corrected chi connectivity index (χ0v) is 16.2. The van der Waals surface area contributed by atoms with Crippen molar-refractivity contribution < 1.29 is 22.8 Å². The topological polar surface area (TPSA) is 85.3 Å². The summed E-state index contributed by atoms with van der Waals surface area (Å²) in [5, 5.41) is 0. The molecular formula is C17H19BrO5S. The Balaban J connectivity index is 2.49. The first-order valence-corrected chi connectivity index (χ1v) is 10.3. The van der Waals surface area contributed by atoms with E-state index in [1.54, 1.807) is 19.9 Å². The number of rotatable bonds is 4. The third kappa shape index (κ3) is 4.00. The molecule has 130 valence electrons. The number of carbonyl (C=O) groups excluding carboxylic acids is 3. The summed E-state index contributed by atoms with van der Waals surface area (Å²) in [5.74, 6) is -3.06. The molecule has 0 aliphatic heterocycles.